The number of carbonyl (C=O) groups excluding carboxylic acids is 2. The summed E-state index contributed by atoms with van der Waals surface area (Å²) in [5.41, 5.74) is 4.42. The predicted molar refractivity (Wildman–Crippen MR) is 109 cm³/mol. The number of hydrogen-bond acceptors (Lipinski definition) is 4. The van der Waals surface area contributed by atoms with Crippen LogP contribution < -0.4 is 4.74 Å². The SMILES string of the molecule is COc1ccc(-c2c3c(nc4c2C(=O)CC(C)(C)C4)CC(C)(C)CC3=O)cc1. The third kappa shape index (κ3) is 3.15. The van der Waals surface area contributed by atoms with Crippen molar-refractivity contribution in [2.24, 2.45) is 10.8 Å². The van der Waals surface area contributed by atoms with Gasteiger partial charge in [0.05, 0.1) is 18.5 Å². The van der Waals surface area contributed by atoms with Gasteiger partial charge in [-0.1, -0.05) is 39.8 Å². The highest BCUT2D eigenvalue weighted by molar-refractivity contribution is 6.12. The van der Waals surface area contributed by atoms with E-state index in [1.54, 1.807) is 7.11 Å². The van der Waals surface area contributed by atoms with E-state index < -0.39 is 0 Å². The molecular formula is C24H27NO3. The summed E-state index contributed by atoms with van der Waals surface area (Å²) >= 11 is 0. The lowest BCUT2D eigenvalue weighted by atomic mass is 9.69. The van der Waals surface area contributed by atoms with Crippen molar-refractivity contribution in [1.82, 2.24) is 4.98 Å². The number of aromatic nitrogens is 1. The molecule has 0 radical (unpaired) electrons. The molecule has 2 aliphatic rings. The van der Waals surface area contributed by atoms with E-state index in [-0.39, 0.29) is 22.4 Å². The highest BCUT2D eigenvalue weighted by Crippen LogP contribution is 2.44. The molecule has 4 nitrogen and oxygen atoms in total. The van der Waals surface area contributed by atoms with E-state index in [2.05, 4.69) is 27.7 Å². The molecule has 28 heavy (non-hydrogen) atoms. The molecule has 0 amide bonds. The topological polar surface area (TPSA) is 56.3 Å². The summed E-state index contributed by atoms with van der Waals surface area (Å²) in [5.74, 6) is 0.926. The number of hydrogen-bond donors (Lipinski definition) is 0. The lowest BCUT2D eigenvalue weighted by Gasteiger charge is -2.35. The minimum atomic E-state index is -0.114. The molecule has 1 heterocycles. The van der Waals surface area contributed by atoms with Gasteiger partial charge < -0.3 is 4.74 Å². The van der Waals surface area contributed by atoms with E-state index >= 15 is 0 Å². The molecule has 4 heteroatoms. The standard InChI is InChI=1S/C24H27NO3/c1-23(2)10-16-21(18(26)12-23)20(14-6-8-15(28-5)9-7-14)22-17(25-16)11-24(3,4)13-19(22)27/h6-9H,10-13H2,1-5H3. The third-order valence-electron chi connectivity index (χ3n) is 5.85. The van der Waals surface area contributed by atoms with E-state index in [4.69, 9.17) is 9.72 Å². The van der Waals surface area contributed by atoms with Gasteiger partial charge in [0.15, 0.2) is 11.6 Å². The highest BCUT2D eigenvalue weighted by Gasteiger charge is 2.40. The van der Waals surface area contributed by atoms with Gasteiger partial charge in [0.1, 0.15) is 5.75 Å². The first kappa shape index (κ1) is 18.9. The molecule has 2 aromatic rings. The Labute approximate surface area is 166 Å². The summed E-state index contributed by atoms with van der Waals surface area (Å²) < 4.78 is 5.28. The average molecular weight is 377 g/mol. The Morgan fingerprint density at radius 2 is 1.21 bits per heavy atom. The average Bonchev–Trinajstić information content (AvgIpc) is 2.57. The molecule has 0 atom stereocenters. The summed E-state index contributed by atoms with van der Waals surface area (Å²) in [4.78, 5) is 31.2. The molecule has 0 saturated carbocycles. The van der Waals surface area contributed by atoms with E-state index in [0.717, 1.165) is 41.1 Å². The van der Waals surface area contributed by atoms with Crippen molar-refractivity contribution in [2.45, 2.75) is 53.4 Å². The molecule has 0 saturated heterocycles. The van der Waals surface area contributed by atoms with E-state index in [9.17, 15) is 9.59 Å². The van der Waals surface area contributed by atoms with Gasteiger partial charge in [0, 0.05) is 29.5 Å². The Morgan fingerprint density at radius 1 is 0.750 bits per heavy atom. The second kappa shape index (κ2) is 6.26. The second-order valence-electron chi connectivity index (χ2n) is 9.74. The number of rotatable bonds is 2. The first-order valence-corrected chi connectivity index (χ1v) is 9.87. The van der Waals surface area contributed by atoms with E-state index in [1.165, 1.54) is 0 Å². The van der Waals surface area contributed by atoms with Crippen molar-refractivity contribution in [2.75, 3.05) is 7.11 Å². The van der Waals surface area contributed by atoms with Crippen molar-refractivity contribution < 1.29 is 14.3 Å². The Hall–Kier alpha value is -2.49. The molecule has 1 aromatic carbocycles. The lowest BCUT2D eigenvalue weighted by molar-refractivity contribution is 0.0907. The fourth-order valence-corrected chi connectivity index (χ4v) is 4.67. The van der Waals surface area contributed by atoms with Crippen LogP contribution in [0, 0.1) is 10.8 Å². The van der Waals surface area contributed by atoms with Crippen LogP contribution in [0.3, 0.4) is 0 Å². The van der Waals surface area contributed by atoms with Crippen LogP contribution in [0.4, 0.5) is 0 Å². The Kier molecular flexibility index (Phi) is 4.22. The van der Waals surface area contributed by atoms with Crippen LogP contribution in [0.25, 0.3) is 11.1 Å². The highest BCUT2D eigenvalue weighted by atomic mass is 16.5. The number of Topliss-reactive ketones (excluding diaryl/α,β-unsaturated/α-hetero) is 2. The summed E-state index contributed by atoms with van der Waals surface area (Å²) in [6, 6.07) is 7.63. The molecule has 0 bridgehead atoms. The van der Waals surface area contributed by atoms with Crippen molar-refractivity contribution in [3.63, 3.8) is 0 Å². The van der Waals surface area contributed by atoms with E-state index in [0.29, 0.717) is 24.0 Å². The van der Waals surface area contributed by atoms with Crippen molar-refractivity contribution in [3.05, 3.63) is 46.8 Å². The molecule has 0 spiro atoms. The Bertz CT molecular complexity index is 930. The number of ether oxygens (including phenoxy) is 1. The van der Waals surface area contributed by atoms with Gasteiger partial charge in [-0.3, -0.25) is 14.6 Å². The number of carbonyl (C=O) groups is 2. The van der Waals surface area contributed by atoms with Crippen molar-refractivity contribution in [3.8, 4) is 16.9 Å². The lowest BCUT2D eigenvalue weighted by Crippen LogP contribution is -2.33. The maximum Gasteiger partial charge on any atom is 0.165 e. The van der Waals surface area contributed by atoms with Crippen LogP contribution in [-0.2, 0) is 12.8 Å². The van der Waals surface area contributed by atoms with Gasteiger partial charge in [-0.2, -0.15) is 0 Å². The molecule has 1 aromatic heterocycles. The molecule has 4 rings (SSSR count). The van der Waals surface area contributed by atoms with Gasteiger partial charge in [0.2, 0.25) is 0 Å². The number of nitrogens with zero attached hydrogens (tertiary/aromatic N) is 1. The third-order valence-corrected chi connectivity index (χ3v) is 5.85. The number of fused-ring (bicyclic) bond motifs is 2. The van der Waals surface area contributed by atoms with Crippen LogP contribution in [0.1, 0.15) is 72.6 Å². The number of pyridine rings is 1. The number of benzene rings is 1. The van der Waals surface area contributed by atoms with Crippen LogP contribution >= 0.6 is 0 Å². The minimum absolute atomic E-state index is 0.0880. The molecule has 0 fully saturated rings. The summed E-state index contributed by atoms with van der Waals surface area (Å²) in [7, 11) is 1.63. The maximum absolute atomic E-state index is 13.2. The summed E-state index contributed by atoms with van der Waals surface area (Å²) in [5, 5.41) is 0. The zero-order chi connectivity index (χ0) is 20.3. The monoisotopic (exact) mass is 377 g/mol. The van der Waals surface area contributed by atoms with Crippen molar-refractivity contribution >= 4 is 11.6 Å². The van der Waals surface area contributed by atoms with Gasteiger partial charge in [-0.25, -0.2) is 0 Å². The first-order chi connectivity index (χ1) is 13.1. The van der Waals surface area contributed by atoms with E-state index in [1.807, 2.05) is 24.3 Å². The smallest absolute Gasteiger partial charge is 0.165 e. The normalized spacial score (nSPS) is 19.8. The van der Waals surface area contributed by atoms with Gasteiger partial charge in [0.25, 0.3) is 0 Å². The van der Waals surface area contributed by atoms with Gasteiger partial charge in [-0.05, 0) is 41.4 Å². The van der Waals surface area contributed by atoms with Crippen molar-refractivity contribution in [1.29, 1.82) is 0 Å². The predicted octanol–water partition coefficient (Wildman–Crippen LogP) is 5.07. The zero-order valence-electron chi connectivity index (χ0n) is 17.3. The molecular weight excluding hydrogens is 350 g/mol. The number of methoxy groups -OCH3 is 1. The van der Waals surface area contributed by atoms with Gasteiger partial charge >= 0.3 is 0 Å². The largest absolute Gasteiger partial charge is 0.497 e. The van der Waals surface area contributed by atoms with Crippen LogP contribution in [0.15, 0.2) is 24.3 Å². The Balaban J connectivity index is 2.02. The fourth-order valence-electron chi connectivity index (χ4n) is 4.67. The van der Waals surface area contributed by atoms with Crippen LogP contribution in [0.5, 0.6) is 5.75 Å². The zero-order valence-corrected chi connectivity index (χ0v) is 17.3. The summed E-state index contributed by atoms with van der Waals surface area (Å²) in [6.07, 6.45) is 2.45. The van der Waals surface area contributed by atoms with Crippen LogP contribution in [-0.4, -0.2) is 23.7 Å². The second-order valence-corrected chi connectivity index (χ2v) is 9.74. The summed E-state index contributed by atoms with van der Waals surface area (Å²) in [6.45, 7) is 8.43. The quantitative estimate of drug-likeness (QED) is 0.733. The van der Waals surface area contributed by atoms with Crippen LogP contribution in [0.2, 0.25) is 0 Å². The molecule has 0 aliphatic heterocycles. The van der Waals surface area contributed by atoms with Gasteiger partial charge in [-0.15, -0.1) is 0 Å². The number of ketones is 2. The molecule has 0 N–H and O–H groups in total. The molecule has 2 aliphatic carbocycles. The molecule has 146 valence electrons. The minimum Gasteiger partial charge on any atom is -0.497 e. The maximum atomic E-state index is 13.2. The molecule has 0 unspecified atom stereocenters. The first-order valence-electron chi connectivity index (χ1n) is 9.87. The fraction of sp³-hybridized carbons (Fsp3) is 0.458. The Morgan fingerprint density at radius 3 is 1.64 bits per heavy atom.